The lowest BCUT2D eigenvalue weighted by atomic mass is 9.96. The smallest absolute Gasteiger partial charge is 0.125 e. The van der Waals surface area contributed by atoms with Gasteiger partial charge in [-0.15, -0.1) is 11.8 Å². The van der Waals surface area contributed by atoms with Crippen molar-refractivity contribution < 1.29 is 14.6 Å². The third kappa shape index (κ3) is 6.37. The molecule has 0 aliphatic rings. The summed E-state index contributed by atoms with van der Waals surface area (Å²) in [6, 6.07) is 9.75. The van der Waals surface area contributed by atoms with E-state index in [0.717, 1.165) is 46.8 Å². The number of nitrogens with zero attached hydrogens (tertiary/aromatic N) is 1. The monoisotopic (exact) mass is 373 g/mol. The normalized spacial score (nSPS) is 11.9. The SMILES string of the molecule is Cc1c(OCCCCSc2ccccn2)ccc(CC(C)CC=O)c1O. The summed E-state index contributed by atoms with van der Waals surface area (Å²) in [4.78, 5) is 14.9. The van der Waals surface area contributed by atoms with Gasteiger partial charge in [-0.2, -0.15) is 0 Å². The first-order valence-electron chi connectivity index (χ1n) is 9.03. The van der Waals surface area contributed by atoms with Gasteiger partial charge < -0.3 is 14.6 Å². The van der Waals surface area contributed by atoms with Gasteiger partial charge in [-0.3, -0.25) is 0 Å². The van der Waals surface area contributed by atoms with Crippen LogP contribution in [0.3, 0.4) is 0 Å². The van der Waals surface area contributed by atoms with E-state index in [-0.39, 0.29) is 11.7 Å². The Balaban J connectivity index is 1.75. The van der Waals surface area contributed by atoms with Crippen LogP contribution in [0.15, 0.2) is 41.6 Å². The fourth-order valence-electron chi connectivity index (χ4n) is 2.68. The number of hydrogen-bond donors (Lipinski definition) is 1. The molecule has 0 bridgehead atoms. The lowest BCUT2D eigenvalue weighted by Gasteiger charge is -2.15. The number of phenolic OH excluding ortho intramolecular Hbond substituents is 1. The molecule has 1 aromatic carbocycles. The lowest BCUT2D eigenvalue weighted by molar-refractivity contribution is -0.108. The largest absolute Gasteiger partial charge is 0.507 e. The van der Waals surface area contributed by atoms with Crippen molar-refractivity contribution in [1.29, 1.82) is 0 Å². The molecule has 2 rings (SSSR count). The van der Waals surface area contributed by atoms with Crippen LogP contribution in [0.2, 0.25) is 0 Å². The Morgan fingerprint density at radius 2 is 2.12 bits per heavy atom. The number of aromatic nitrogens is 1. The fourth-order valence-corrected chi connectivity index (χ4v) is 3.55. The number of carbonyl (C=O) groups is 1. The molecule has 1 N–H and O–H groups in total. The van der Waals surface area contributed by atoms with Gasteiger partial charge in [0, 0.05) is 18.2 Å². The molecule has 0 saturated carbocycles. The van der Waals surface area contributed by atoms with Gasteiger partial charge in [-0.25, -0.2) is 4.98 Å². The molecule has 5 heteroatoms. The average Bonchev–Trinajstić information content (AvgIpc) is 2.64. The van der Waals surface area contributed by atoms with E-state index in [1.54, 1.807) is 11.8 Å². The number of rotatable bonds is 11. The first kappa shape index (κ1) is 20.3. The van der Waals surface area contributed by atoms with Gasteiger partial charge in [-0.1, -0.05) is 19.1 Å². The van der Waals surface area contributed by atoms with E-state index in [1.807, 2.05) is 50.4 Å². The van der Waals surface area contributed by atoms with Crippen molar-refractivity contribution in [1.82, 2.24) is 4.98 Å². The quantitative estimate of drug-likeness (QED) is 0.348. The molecule has 0 spiro atoms. The number of pyridine rings is 1. The molecule has 1 unspecified atom stereocenters. The van der Waals surface area contributed by atoms with Crippen molar-refractivity contribution in [3.05, 3.63) is 47.7 Å². The maximum atomic E-state index is 10.6. The molecule has 0 aliphatic heterocycles. The average molecular weight is 374 g/mol. The summed E-state index contributed by atoms with van der Waals surface area (Å²) in [6.07, 6.45) is 5.94. The number of aldehydes is 1. The molecule has 140 valence electrons. The van der Waals surface area contributed by atoms with Crippen molar-refractivity contribution in [3.8, 4) is 11.5 Å². The summed E-state index contributed by atoms with van der Waals surface area (Å²) in [5.74, 6) is 2.25. The molecular formula is C21H27NO3S. The first-order valence-corrected chi connectivity index (χ1v) is 10.0. The van der Waals surface area contributed by atoms with Crippen LogP contribution in [0.5, 0.6) is 11.5 Å². The van der Waals surface area contributed by atoms with Gasteiger partial charge in [0.25, 0.3) is 0 Å². The van der Waals surface area contributed by atoms with Crippen LogP contribution in [0.4, 0.5) is 0 Å². The van der Waals surface area contributed by atoms with Crippen LogP contribution < -0.4 is 4.74 Å². The van der Waals surface area contributed by atoms with Crippen molar-refractivity contribution in [2.75, 3.05) is 12.4 Å². The molecule has 0 amide bonds. The van der Waals surface area contributed by atoms with Gasteiger partial charge in [0.2, 0.25) is 0 Å². The van der Waals surface area contributed by atoms with Gasteiger partial charge in [0.1, 0.15) is 17.8 Å². The number of carbonyl (C=O) groups excluding carboxylic acids is 1. The predicted molar refractivity (Wildman–Crippen MR) is 106 cm³/mol. The molecule has 0 saturated heterocycles. The zero-order valence-electron chi connectivity index (χ0n) is 15.5. The van der Waals surface area contributed by atoms with E-state index < -0.39 is 0 Å². The zero-order chi connectivity index (χ0) is 18.8. The molecule has 26 heavy (non-hydrogen) atoms. The standard InChI is InChI=1S/C21H27NO3S/c1-16(10-12-23)15-18-8-9-19(17(2)21(18)24)25-13-5-6-14-26-20-7-3-4-11-22-20/h3-4,7-9,11-12,16,24H,5-6,10,13-15H2,1-2H3. The molecule has 1 aromatic heterocycles. The van der Waals surface area contributed by atoms with Crippen LogP contribution in [0.1, 0.15) is 37.3 Å². The third-order valence-corrected chi connectivity index (χ3v) is 5.25. The van der Waals surface area contributed by atoms with Crippen molar-refractivity contribution in [3.63, 3.8) is 0 Å². The summed E-state index contributed by atoms with van der Waals surface area (Å²) in [5.41, 5.74) is 1.64. The van der Waals surface area contributed by atoms with Gasteiger partial charge in [-0.05, 0) is 61.6 Å². The number of benzene rings is 1. The first-order chi connectivity index (χ1) is 12.6. The number of thioether (sulfide) groups is 1. The minimum absolute atomic E-state index is 0.223. The summed E-state index contributed by atoms with van der Waals surface area (Å²) in [5, 5.41) is 11.4. The van der Waals surface area contributed by atoms with E-state index in [9.17, 15) is 9.90 Å². The minimum Gasteiger partial charge on any atom is -0.507 e. The number of hydrogen-bond acceptors (Lipinski definition) is 5. The molecule has 1 atom stereocenters. The van der Waals surface area contributed by atoms with Gasteiger partial charge >= 0.3 is 0 Å². The fraction of sp³-hybridized carbons (Fsp3) is 0.429. The zero-order valence-corrected chi connectivity index (χ0v) is 16.3. The molecule has 0 fully saturated rings. The Hall–Kier alpha value is -2.01. The highest BCUT2D eigenvalue weighted by molar-refractivity contribution is 7.99. The highest BCUT2D eigenvalue weighted by Gasteiger charge is 2.12. The maximum absolute atomic E-state index is 10.6. The molecule has 1 heterocycles. The van der Waals surface area contributed by atoms with Crippen molar-refractivity contribution >= 4 is 18.0 Å². The number of ether oxygens (including phenoxy) is 1. The van der Waals surface area contributed by atoms with Crippen molar-refractivity contribution in [2.45, 2.75) is 44.6 Å². The molecular weight excluding hydrogens is 346 g/mol. The molecule has 0 aliphatic carbocycles. The molecule has 4 nitrogen and oxygen atoms in total. The Labute approximate surface area is 160 Å². The van der Waals surface area contributed by atoms with Crippen LogP contribution in [-0.4, -0.2) is 28.7 Å². The summed E-state index contributed by atoms with van der Waals surface area (Å²) in [7, 11) is 0. The topological polar surface area (TPSA) is 59.4 Å². The van der Waals surface area contributed by atoms with E-state index in [1.165, 1.54) is 0 Å². The van der Waals surface area contributed by atoms with Crippen LogP contribution >= 0.6 is 11.8 Å². The lowest BCUT2D eigenvalue weighted by Crippen LogP contribution is -2.03. The minimum atomic E-state index is 0.223. The summed E-state index contributed by atoms with van der Waals surface area (Å²) in [6.45, 7) is 4.51. The van der Waals surface area contributed by atoms with Crippen LogP contribution in [0.25, 0.3) is 0 Å². The number of aromatic hydroxyl groups is 1. The maximum Gasteiger partial charge on any atom is 0.125 e. The van der Waals surface area contributed by atoms with Gasteiger partial charge in [0.15, 0.2) is 0 Å². The van der Waals surface area contributed by atoms with Crippen molar-refractivity contribution in [2.24, 2.45) is 5.92 Å². The highest BCUT2D eigenvalue weighted by atomic mass is 32.2. The summed E-state index contributed by atoms with van der Waals surface area (Å²) >= 11 is 1.75. The summed E-state index contributed by atoms with van der Waals surface area (Å²) < 4.78 is 5.84. The highest BCUT2D eigenvalue weighted by Crippen LogP contribution is 2.32. The van der Waals surface area contributed by atoms with E-state index in [0.29, 0.717) is 19.4 Å². The van der Waals surface area contributed by atoms with Gasteiger partial charge in [0.05, 0.1) is 11.6 Å². The van der Waals surface area contributed by atoms with Crippen LogP contribution in [-0.2, 0) is 11.2 Å². The van der Waals surface area contributed by atoms with E-state index in [4.69, 9.17) is 4.74 Å². The van der Waals surface area contributed by atoms with E-state index >= 15 is 0 Å². The predicted octanol–water partition coefficient (Wildman–Crippen LogP) is 4.81. The third-order valence-electron chi connectivity index (χ3n) is 4.22. The Morgan fingerprint density at radius 1 is 1.27 bits per heavy atom. The Kier molecular flexibility index (Phi) is 8.48. The number of phenols is 1. The van der Waals surface area contributed by atoms with E-state index in [2.05, 4.69) is 4.98 Å². The molecule has 2 aromatic rings. The Bertz CT molecular complexity index is 691. The second kappa shape index (κ2) is 10.9. The second-order valence-electron chi connectivity index (χ2n) is 6.48. The second-order valence-corrected chi connectivity index (χ2v) is 7.60. The number of unbranched alkanes of at least 4 members (excludes halogenated alkanes) is 1. The van der Waals surface area contributed by atoms with Crippen LogP contribution in [0, 0.1) is 12.8 Å². The molecule has 0 radical (unpaired) electrons. The Morgan fingerprint density at radius 3 is 2.85 bits per heavy atom.